The van der Waals surface area contributed by atoms with Crippen LogP contribution in [0.5, 0.6) is 0 Å². The van der Waals surface area contributed by atoms with Crippen molar-refractivity contribution in [2.75, 3.05) is 4.90 Å². The maximum absolute atomic E-state index is 7.74. The third kappa shape index (κ3) is 5.87. The van der Waals surface area contributed by atoms with Gasteiger partial charge in [0.2, 0.25) is 5.88 Å². The van der Waals surface area contributed by atoms with Gasteiger partial charge in [-0.2, -0.15) is 0 Å². The van der Waals surface area contributed by atoms with E-state index in [1.54, 1.807) is 11.1 Å². The van der Waals surface area contributed by atoms with E-state index in [9.17, 15) is 0 Å². The van der Waals surface area contributed by atoms with E-state index >= 15 is 0 Å². The predicted molar refractivity (Wildman–Crippen MR) is 329 cm³/mol. The molecule has 0 unspecified atom stereocenters. The summed E-state index contributed by atoms with van der Waals surface area (Å²) in [6, 6.07) is 58.1. The molecule has 79 heavy (non-hydrogen) atoms. The minimum Gasteiger partial charge on any atom is -0.440 e. The van der Waals surface area contributed by atoms with E-state index in [0.29, 0.717) is 5.41 Å². The molecule has 0 spiro atoms. The maximum atomic E-state index is 7.74. The van der Waals surface area contributed by atoms with Crippen molar-refractivity contribution in [3.63, 3.8) is 0 Å². The smallest absolute Gasteiger partial charge is 0.337 e. The van der Waals surface area contributed by atoms with Gasteiger partial charge in [-0.25, -0.2) is 0 Å². The summed E-state index contributed by atoms with van der Waals surface area (Å²) in [6.45, 7) is 12.0. The second-order valence-electron chi connectivity index (χ2n) is 29.3. The molecule has 8 fully saturated rings. The molecule has 8 aromatic carbocycles. The van der Waals surface area contributed by atoms with E-state index < -0.39 is 0 Å². The van der Waals surface area contributed by atoms with Gasteiger partial charge in [0.1, 0.15) is 5.58 Å². The second kappa shape index (κ2) is 15.0. The summed E-state index contributed by atoms with van der Waals surface area (Å²) < 4.78 is 10.6. The minimum atomic E-state index is -0.243. The lowest BCUT2D eigenvalue weighted by Crippen LogP contribution is -2.57. The Morgan fingerprint density at radius 3 is 1.81 bits per heavy atom. The molecule has 4 heterocycles. The van der Waals surface area contributed by atoms with E-state index in [4.69, 9.17) is 4.42 Å². The molecule has 8 saturated carbocycles. The van der Waals surface area contributed by atoms with Gasteiger partial charge >= 0.3 is 6.85 Å². The minimum absolute atomic E-state index is 0.0454. The van der Waals surface area contributed by atoms with E-state index in [2.05, 4.69) is 190 Å². The summed E-state index contributed by atoms with van der Waals surface area (Å²) in [6.07, 6.45) is 16.9. The summed E-state index contributed by atoms with van der Waals surface area (Å²) in [5, 5.41) is 6.65. The molecule has 0 saturated heterocycles. The van der Waals surface area contributed by atoms with Gasteiger partial charge in [-0.05, 0) is 250 Å². The number of anilines is 3. The Bertz CT molecular complexity index is 4300. The average Bonchev–Trinajstić information content (AvgIpc) is 2.24. The topological polar surface area (TPSA) is 21.3 Å². The van der Waals surface area contributed by atoms with Crippen molar-refractivity contribution >= 4 is 78.6 Å². The summed E-state index contributed by atoms with van der Waals surface area (Å²) in [5.41, 5.74) is 24.8. The van der Waals surface area contributed by atoms with Crippen LogP contribution in [0.1, 0.15) is 139 Å². The number of rotatable bonds is 4. The highest BCUT2D eigenvalue weighted by Crippen LogP contribution is 2.65. The number of fused-ring (bicyclic) bond motifs is 14. The van der Waals surface area contributed by atoms with Crippen LogP contribution in [0.25, 0.3) is 76.9 Å². The van der Waals surface area contributed by atoms with Crippen molar-refractivity contribution in [3.8, 4) is 33.4 Å². The first-order valence-corrected chi connectivity index (χ1v) is 30.8. The van der Waals surface area contributed by atoms with Gasteiger partial charge in [0, 0.05) is 54.9 Å². The number of hydrogen-bond donors (Lipinski definition) is 0. The highest BCUT2D eigenvalue weighted by molar-refractivity contribution is 6.91. The SMILES string of the molecule is CC(C)(C)c1ccc(N2c3cc4c(c5c3B(c3c2oc2cc6ccccc6cc32)n2c3ccc(C67CC8CC(CC(C8)C6)C7)cc3c3cc(C67CC8CC(CC(C8)C6)C7)cc-5c32)C(C)(C)c2ccccc2-4)c(-c2ccccc2)c1. The van der Waals surface area contributed by atoms with Crippen LogP contribution in [0.15, 0.2) is 150 Å². The molecular weight excluding hydrogens is 956 g/mol. The standard InChI is InChI=1S/C75H69BN2O/c1-72(2,3)51-19-21-62(55(31-51)48-13-7-6-8-14-48)77-64-35-57-54-17-11-12-18-61(54)73(4,5)67(57)66-60-34-53(75-39-45-26-46(40-75)28-47(27-45)41-75)33-58-56-32-52(74-36-42-23-43(37-74)25-44(24-42)38-74)20-22-63(56)78(70(58)60)76(69(64)66)68-59-29-49-15-9-10-16-50(49)30-65(59)79-71(68)77/h6-22,29-35,42-47H,23-28,36-41H2,1-5H3. The average molecular weight is 1030 g/mol. The number of aromatic nitrogens is 1. The van der Waals surface area contributed by atoms with Gasteiger partial charge in [0.25, 0.3) is 0 Å². The Balaban J connectivity index is 0.983. The van der Waals surface area contributed by atoms with Gasteiger partial charge in [-0.1, -0.05) is 126 Å². The van der Waals surface area contributed by atoms with Crippen LogP contribution in [0.3, 0.4) is 0 Å². The van der Waals surface area contributed by atoms with Crippen molar-refractivity contribution in [2.45, 2.75) is 133 Å². The Hall–Kier alpha value is -6.78. The molecule has 0 N–H and O–H groups in total. The summed E-state index contributed by atoms with van der Waals surface area (Å²) in [5.74, 6) is 6.18. The molecular formula is C75H69BN2O. The quantitative estimate of drug-likeness (QED) is 0.164. The van der Waals surface area contributed by atoms with Gasteiger partial charge in [-0.15, -0.1) is 0 Å². The van der Waals surface area contributed by atoms with E-state index in [0.717, 1.165) is 52.7 Å². The zero-order valence-corrected chi connectivity index (χ0v) is 46.7. The predicted octanol–water partition coefficient (Wildman–Crippen LogP) is 18.3. The molecule has 0 amide bonds. The van der Waals surface area contributed by atoms with Gasteiger partial charge in [-0.3, -0.25) is 4.90 Å². The Morgan fingerprint density at radius 1 is 0.506 bits per heavy atom. The van der Waals surface area contributed by atoms with Crippen LogP contribution in [0.4, 0.5) is 17.3 Å². The van der Waals surface area contributed by atoms with Crippen LogP contribution in [-0.2, 0) is 21.7 Å². The fraction of sp³-hybridized carbons (Fsp3) is 0.360. The third-order valence-corrected chi connectivity index (χ3v) is 23.3. The molecule has 8 bridgehead atoms. The fourth-order valence-electron chi connectivity index (χ4n) is 20.9. The zero-order chi connectivity index (χ0) is 52.2. The first-order chi connectivity index (χ1) is 38.4. The zero-order valence-electron chi connectivity index (χ0n) is 46.7. The molecule has 3 nitrogen and oxygen atoms in total. The molecule has 0 radical (unpaired) electrons. The van der Waals surface area contributed by atoms with Crippen molar-refractivity contribution < 1.29 is 4.42 Å². The number of nitrogens with zero attached hydrogens (tertiary/aromatic N) is 2. The second-order valence-corrected chi connectivity index (χ2v) is 29.3. The first-order valence-electron chi connectivity index (χ1n) is 30.8. The van der Waals surface area contributed by atoms with E-state index in [-0.39, 0.29) is 23.1 Å². The largest absolute Gasteiger partial charge is 0.440 e. The molecule has 4 heteroatoms. The molecule has 10 aromatic rings. The monoisotopic (exact) mass is 1020 g/mol. The van der Waals surface area contributed by atoms with Crippen LogP contribution in [-0.4, -0.2) is 11.3 Å². The van der Waals surface area contributed by atoms with Crippen LogP contribution >= 0.6 is 0 Å². The molecule has 2 aliphatic heterocycles. The van der Waals surface area contributed by atoms with Crippen molar-refractivity contribution in [3.05, 3.63) is 173 Å². The highest BCUT2D eigenvalue weighted by Gasteiger charge is 2.56. The Labute approximate surface area is 465 Å². The van der Waals surface area contributed by atoms with E-state index in [1.807, 2.05) is 0 Å². The lowest BCUT2D eigenvalue weighted by Gasteiger charge is -2.57. The van der Waals surface area contributed by atoms with Crippen molar-refractivity contribution in [2.24, 2.45) is 35.5 Å². The van der Waals surface area contributed by atoms with E-state index in [1.165, 1.54) is 182 Å². The van der Waals surface area contributed by atoms with Crippen molar-refractivity contribution in [1.29, 1.82) is 0 Å². The van der Waals surface area contributed by atoms with Crippen LogP contribution in [0.2, 0.25) is 0 Å². The molecule has 9 aliphatic carbocycles. The summed E-state index contributed by atoms with van der Waals surface area (Å²) in [4.78, 5) is 2.61. The summed E-state index contributed by atoms with van der Waals surface area (Å²) in [7, 11) is 0. The lowest BCUT2D eigenvalue weighted by atomic mass is 9.44. The van der Waals surface area contributed by atoms with Gasteiger partial charge < -0.3 is 8.90 Å². The fourth-order valence-corrected chi connectivity index (χ4v) is 20.9. The van der Waals surface area contributed by atoms with Gasteiger partial charge in [0.15, 0.2) is 0 Å². The van der Waals surface area contributed by atoms with Crippen LogP contribution < -0.4 is 15.8 Å². The normalized spacial score (nSPS) is 27.9. The molecule has 11 aliphatic rings. The first kappa shape index (κ1) is 45.0. The molecule has 21 rings (SSSR count). The number of hydrogen-bond acceptors (Lipinski definition) is 2. The third-order valence-electron chi connectivity index (χ3n) is 23.3. The van der Waals surface area contributed by atoms with Crippen molar-refractivity contribution in [1.82, 2.24) is 4.48 Å². The lowest BCUT2D eigenvalue weighted by molar-refractivity contribution is -0.00527. The number of benzene rings is 8. The summed E-state index contributed by atoms with van der Waals surface area (Å²) >= 11 is 0. The number of furan rings is 1. The molecule has 388 valence electrons. The van der Waals surface area contributed by atoms with Crippen LogP contribution in [0, 0.1) is 35.5 Å². The Kier molecular flexibility index (Phi) is 8.52. The molecule has 0 atom stereocenters. The Morgan fingerprint density at radius 2 is 1.13 bits per heavy atom. The maximum Gasteiger partial charge on any atom is 0.337 e. The molecule has 2 aromatic heterocycles. The van der Waals surface area contributed by atoms with Gasteiger partial charge in [0.05, 0.1) is 5.69 Å². The highest BCUT2D eigenvalue weighted by atomic mass is 16.4.